The molecule has 184 valence electrons. The zero-order valence-electron chi connectivity index (χ0n) is 19.4. The smallest absolute Gasteiger partial charge is 0.416 e. The van der Waals surface area contributed by atoms with Crippen molar-refractivity contribution in [1.29, 1.82) is 0 Å². The van der Waals surface area contributed by atoms with Crippen LogP contribution < -0.4 is 14.8 Å². The molecule has 1 N–H and O–H groups in total. The average molecular weight is 481 g/mol. The maximum atomic E-state index is 13.8. The van der Waals surface area contributed by atoms with Crippen LogP contribution in [0.2, 0.25) is 0 Å². The van der Waals surface area contributed by atoms with Crippen molar-refractivity contribution in [2.24, 2.45) is 0 Å². The molecule has 0 aliphatic rings. The van der Waals surface area contributed by atoms with Crippen LogP contribution in [0.25, 0.3) is 10.9 Å². The molecule has 3 rings (SSSR count). The van der Waals surface area contributed by atoms with Crippen molar-refractivity contribution in [3.05, 3.63) is 53.1 Å². The van der Waals surface area contributed by atoms with E-state index in [1.807, 2.05) is 13.8 Å². The van der Waals surface area contributed by atoms with Gasteiger partial charge < -0.3 is 19.5 Å². The first-order valence-corrected chi connectivity index (χ1v) is 10.8. The highest BCUT2D eigenvalue weighted by Gasteiger charge is 2.31. The molecule has 34 heavy (non-hydrogen) atoms. The van der Waals surface area contributed by atoms with Crippen LogP contribution in [0.4, 0.5) is 23.4 Å². The Kier molecular flexibility index (Phi) is 8.14. The number of nitrogens with one attached hydrogen (secondary N) is 1. The lowest BCUT2D eigenvalue weighted by Crippen LogP contribution is -2.19. The topological polar surface area (TPSA) is 65.5 Å². The van der Waals surface area contributed by atoms with E-state index in [0.29, 0.717) is 53.3 Å². The molecule has 1 atom stereocenters. The summed E-state index contributed by atoms with van der Waals surface area (Å²) in [6, 6.07) is 5.83. The van der Waals surface area contributed by atoms with Gasteiger partial charge in [0.05, 0.1) is 24.8 Å². The van der Waals surface area contributed by atoms with Crippen molar-refractivity contribution in [3.8, 4) is 11.5 Å². The van der Waals surface area contributed by atoms with Gasteiger partial charge in [-0.3, -0.25) is 0 Å². The second kappa shape index (κ2) is 10.9. The minimum absolute atomic E-state index is 0.0735. The number of fused-ring (bicyclic) bond motifs is 1. The summed E-state index contributed by atoms with van der Waals surface area (Å²) >= 11 is 0. The van der Waals surface area contributed by atoms with Crippen molar-refractivity contribution in [3.63, 3.8) is 0 Å². The molecule has 0 fully saturated rings. The van der Waals surface area contributed by atoms with E-state index in [9.17, 15) is 17.6 Å². The van der Waals surface area contributed by atoms with Gasteiger partial charge in [-0.25, -0.2) is 14.4 Å². The molecule has 0 saturated carbocycles. The largest absolute Gasteiger partial charge is 0.493 e. The number of hydrogen-bond donors (Lipinski definition) is 1. The standard InChI is InChI=1S/C24H27F4N3O3/c1-5-6-33-13-14(2)34-22-10-19-20(11-21(22)32-4)30-15(3)31-23(19)29-12-16-7-17(24(26,27)28)9-18(25)8-16/h7-11,14H,5-6,12-13H2,1-4H3,(H,29,30,31). The fourth-order valence-corrected chi connectivity index (χ4v) is 3.39. The van der Waals surface area contributed by atoms with E-state index < -0.39 is 17.6 Å². The third-order valence-corrected chi connectivity index (χ3v) is 4.87. The molecule has 0 spiro atoms. The quantitative estimate of drug-likeness (QED) is 0.287. The van der Waals surface area contributed by atoms with E-state index in [1.54, 1.807) is 19.1 Å². The Morgan fingerprint density at radius 2 is 1.82 bits per heavy atom. The van der Waals surface area contributed by atoms with Gasteiger partial charge >= 0.3 is 6.18 Å². The summed E-state index contributed by atoms with van der Waals surface area (Å²) < 4.78 is 69.9. The third-order valence-electron chi connectivity index (χ3n) is 4.87. The Morgan fingerprint density at radius 3 is 2.50 bits per heavy atom. The highest BCUT2D eigenvalue weighted by atomic mass is 19.4. The number of halogens is 4. The predicted octanol–water partition coefficient (Wildman–Crippen LogP) is 5.91. The van der Waals surface area contributed by atoms with Gasteiger partial charge in [-0.1, -0.05) is 6.92 Å². The molecule has 0 aliphatic heterocycles. The molecule has 2 aromatic carbocycles. The van der Waals surface area contributed by atoms with E-state index in [1.165, 1.54) is 7.11 Å². The fraction of sp³-hybridized carbons (Fsp3) is 0.417. The highest BCUT2D eigenvalue weighted by molar-refractivity contribution is 5.91. The summed E-state index contributed by atoms with van der Waals surface area (Å²) in [6.45, 7) is 6.52. The lowest BCUT2D eigenvalue weighted by Gasteiger charge is -2.18. The van der Waals surface area contributed by atoms with E-state index in [4.69, 9.17) is 14.2 Å². The van der Waals surface area contributed by atoms with Crippen LogP contribution in [0.3, 0.4) is 0 Å². The Balaban J connectivity index is 1.91. The number of benzene rings is 2. The van der Waals surface area contributed by atoms with Gasteiger partial charge in [0.1, 0.15) is 23.6 Å². The van der Waals surface area contributed by atoms with Crippen molar-refractivity contribution in [1.82, 2.24) is 9.97 Å². The fourth-order valence-electron chi connectivity index (χ4n) is 3.39. The van der Waals surface area contributed by atoms with Gasteiger partial charge in [-0.2, -0.15) is 13.2 Å². The van der Waals surface area contributed by atoms with Crippen LogP contribution in [0, 0.1) is 12.7 Å². The van der Waals surface area contributed by atoms with Gasteiger partial charge in [0.25, 0.3) is 0 Å². The minimum Gasteiger partial charge on any atom is -0.493 e. The number of aryl methyl sites for hydroxylation is 1. The van der Waals surface area contributed by atoms with Crippen LogP contribution in [0.15, 0.2) is 30.3 Å². The number of aromatic nitrogens is 2. The van der Waals surface area contributed by atoms with Crippen LogP contribution in [0.1, 0.15) is 37.2 Å². The van der Waals surface area contributed by atoms with E-state index in [-0.39, 0.29) is 18.2 Å². The van der Waals surface area contributed by atoms with Gasteiger partial charge in [0.2, 0.25) is 0 Å². The Morgan fingerprint density at radius 1 is 1.06 bits per heavy atom. The Labute approximate surface area is 195 Å². The molecule has 6 nitrogen and oxygen atoms in total. The lowest BCUT2D eigenvalue weighted by atomic mass is 10.1. The lowest BCUT2D eigenvalue weighted by molar-refractivity contribution is -0.137. The second-order valence-corrected chi connectivity index (χ2v) is 7.84. The molecule has 10 heteroatoms. The number of anilines is 1. The van der Waals surface area contributed by atoms with Crippen LogP contribution in [0.5, 0.6) is 11.5 Å². The van der Waals surface area contributed by atoms with Gasteiger partial charge in [0.15, 0.2) is 11.5 Å². The first kappa shape index (κ1) is 25.5. The van der Waals surface area contributed by atoms with Crippen LogP contribution in [-0.2, 0) is 17.5 Å². The second-order valence-electron chi connectivity index (χ2n) is 7.84. The number of ether oxygens (including phenoxy) is 3. The minimum atomic E-state index is -4.64. The third kappa shape index (κ3) is 6.47. The highest BCUT2D eigenvalue weighted by Crippen LogP contribution is 2.35. The maximum absolute atomic E-state index is 13.8. The summed E-state index contributed by atoms with van der Waals surface area (Å²) in [5.41, 5.74) is -0.361. The van der Waals surface area contributed by atoms with Crippen molar-refractivity contribution < 1.29 is 31.8 Å². The number of alkyl halides is 3. The van der Waals surface area contributed by atoms with E-state index in [0.717, 1.165) is 18.6 Å². The molecule has 0 radical (unpaired) electrons. The van der Waals surface area contributed by atoms with Gasteiger partial charge in [0, 0.05) is 24.6 Å². The van der Waals surface area contributed by atoms with E-state index in [2.05, 4.69) is 15.3 Å². The molecule has 1 unspecified atom stereocenters. The first-order chi connectivity index (χ1) is 16.1. The van der Waals surface area contributed by atoms with Crippen molar-refractivity contribution in [2.75, 3.05) is 25.6 Å². The molecule has 3 aromatic rings. The number of rotatable bonds is 10. The van der Waals surface area contributed by atoms with Crippen molar-refractivity contribution in [2.45, 2.75) is 46.0 Å². The average Bonchev–Trinajstić information content (AvgIpc) is 2.76. The summed E-state index contributed by atoms with van der Waals surface area (Å²) in [5.74, 6) is 0.780. The number of nitrogens with zero attached hydrogens (tertiary/aromatic N) is 2. The first-order valence-electron chi connectivity index (χ1n) is 10.8. The zero-order chi connectivity index (χ0) is 24.9. The van der Waals surface area contributed by atoms with Crippen LogP contribution >= 0.6 is 0 Å². The number of hydrogen-bond acceptors (Lipinski definition) is 6. The molecule has 0 bridgehead atoms. The normalized spacial score (nSPS) is 12.6. The maximum Gasteiger partial charge on any atom is 0.416 e. The van der Waals surface area contributed by atoms with Crippen molar-refractivity contribution >= 4 is 16.7 Å². The zero-order valence-corrected chi connectivity index (χ0v) is 19.4. The van der Waals surface area contributed by atoms with Gasteiger partial charge in [-0.05, 0) is 50.1 Å². The predicted molar refractivity (Wildman–Crippen MR) is 121 cm³/mol. The number of methoxy groups -OCH3 is 1. The van der Waals surface area contributed by atoms with E-state index >= 15 is 0 Å². The Bertz CT molecular complexity index is 1140. The molecular formula is C24H27F4N3O3. The summed E-state index contributed by atoms with van der Waals surface area (Å²) in [4.78, 5) is 8.81. The molecule has 0 aliphatic carbocycles. The summed E-state index contributed by atoms with van der Waals surface area (Å²) in [6.07, 6.45) is -4.00. The monoisotopic (exact) mass is 481 g/mol. The molecular weight excluding hydrogens is 454 g/mol. The summed E-state index contributed by atoms with van der Waals surface area (Å²) in [7, 11) is 1.52. The summed E-state index contributed by atoms with van der Waals surface area (Å²) in [5, 5.41) is 3.58. The molecule has 0 amide bonds. The van der Waals surface area contributed by atoms with Crippen LogP contribution in [-0.4, -0.2) is 36.4 Å². The molecule has 1 aromatic heterocycles. The Hall–Kier alpha value is -3.14. The van der Waals surface area contributed by atoms with Gasteiger partial charge in [-0.15, -0.1) is 0 Å². The SMILES string of the molecule is CCCOCC(C)Oc1cc2c(NCc3cc(F)cc(C(F)(F)F)c3)nc(C)nc2cc1OC. The molecule has 0 saturated heterocycles. The molecule has 1 heterocycles.